The summed E-state index contributed by atoms with van der Waals surface area (Å²) in [6, 6.07) is 3.85. The number of piperidine rings is 1. The van der Waals surface area contributed by atoms with Gasteiger partial charge in [0.05, 0.1) is 0 Å². The highest BCUT2D eigenvalue weighted by Crippen LogP contribution is 2.40. The van der Waals surface area contributed by atoms with Crippen LogP contribution >= 0.6 is 15.9 Å². The number of amides is 1. The lowest BCUT2D eigenvalue weighted by atomic mass is 9.88. The first-order valence-corrected chi connectivity index (χ1v) is 8.00. The molecule has 112 valence electrons. The lowest BCUT2D eigenvalue weighted by molar-refractivity contribution is -0.138. The number of aromatic nitrogens is 1. The molecule has 1 amide bonds. The van der Waals surface area contributed by atoms with Crippen LogP contribution < -0.4 is 0 Å². The molecule has 0 aromatic carbocycles. The van der Waals surface area contributed by atoms with E-state index in [9.17, 15) is 9.59 Å². The average Bonchev–Trinajstić information content (AvgIpc) is 2.69. The third-order valence-electron chi connectivity index (χ3n) is 4.50. The number of halogens is 1. The highest BCUT2D eigenvalue weighted by molar-refractivity contribution is 9.10. The summed E-state index contributed by atoms with van der Waals surface area (Å²) in [5, 5.41) is 8.95. The number of carboxylic acid groups (broad SMARTS) is 1. The average molecular weight is 353 g/mol. The number of nitrogens with zero attached hydrogens (tertiary/aromatic N) is 2. The number of carbonyl (C=O) groups is 2. The fraction of sp³-hybridized carbons (Fsp3) is 0.533. The van der Waals surface area contributed by atoms with Gasteiger partial charge in [-0.05, 0) is 59.7 Å². The minimum Gasteiger partial charge on any atom is -0.481 e. The molecule has 1 aromatic heterocycles. The van der Waals surface area contributed by atoms with Crippen LogP contribution in [-0.2, 0) is 4.79 Å². The summed E-state index contributed by atoms with van der Waals surface area (Å²) in [7, 11) is 0. The van der Waals surface area contributed by atoms with Crippen molar-refractivity contribution in [3.05, 3.63) is 28.5 Å². The topological polar surface area (TPSA) is 70.5 Å². The highest BCUT2D eigenvalue weighted by atomic mass is 79.9. The smallest absolute Gasteiger partial charge is 0.303 e. The molecule has 2 aliphatic rings. The van der Waals surface area contributed by atoms with Crippen LogP contribution in [0.15, 0.2) is 22.9 Å². The standard InChI is InChI=1S/C15H17BrN2O3/c16-13-8-10(3-4-17-13)15(21)18-11-1-2-12(18)6-9(5-11)7-14(19)20/h3-4,8-9,11-12H,1-2,5-7H2,(H,19,20). The Balaban J connectivity index is 1.76. The van der Waals surface area contributed by atoms with Crippen LogP contribution in [0.3, 0.4) is 0 Å². The zero-order valence-electron chi connectivity index (χ0n) is 11.5. The van der Waals surface area contributed by atoms with E-state index in [2.05, 4.69) is 20.9 Å². The molecular weight excluding hydrogens is 336 g/mol. The summed E-state index contributed by atoms with van der Waals surface area (Å²) in [4.78, 5) is 29.6. The van der Waals surface area contributed by atoms with Crippen LogP contribution in [0.5, 0.6) is 0 Å². The highest BCUT2D eigenvalue weighted by Gasteiger charge is 2.43. The second kappa shape index (κ2) is 5.75. The number of fused-ring (bicyclic) bond motifs is 2. The van der Waals surface area contributed by atoms with Gasteiger partial charge in [-0.3, -0.25) is 9.59 Å². The van der Waals surface area contributed by atoms with Crippen molar-refractivity contribution in [1.29, 1.82) is 0 Å². The molecule has 1 aromatic rings. The third-order valence-corrected chi connectivity index (χ3v) is 4.94. The zero-order valence-corrected chi connectivity index (χ0v) is 13.1. The number of carbonyl (C=O) groups excluding carboxylic acids is 1. The summed E-state index contributed by atoms with van der Waals surface area (Å²) in [6.07, 6.45) is 5.42. The van der Waals surface area contributed by atoms with E-state index in [-0.39, 0.29) is 30.3 Å². The van der Waals surface area contributed by atoms with E-state index in [0.29, 0.717) is 10.2 Å². The Labute approximate surface area is 131 Å². The van der Waals surface area contributed by atoms with E-state index in [0.717, 1.165) is 25.7 Å². The largest absolute Gasteiger partial charge is 0.481 e. The predicted molar refractivity (Wildman–Crippen MR) is 79.9 cm³/mol. The molecule has 2 bridgehead atoms. The molecule has 2 aliphatic heterocycles. The second-order valence-electron chi connectivity index (χ2n) is 5.90. The molecular formula is C15H17BrN2O3. The van der Waals surface area contributed by atoms with Gasteiger partial charge < -0.3 is 10.0 Å². The lowest BCUT2D eigenvalue weighted by Crippen LogP contribution is -2.46. The Bertz CT molecular complexity index is 564. The number of aliphatic carboxylic acids is 1. The Kier molecular flexibility index (Phi) is 3.97. The number of hydrogen-bond acceptors (Lipinski definition) is 3. The predicted octanol–water partition coefficient (Wildman–Crippen LogP) is 2.70. The quantitative estimate of drug-likeness (QED) is 0.849. The van der Waals surface area contributed by atoms with Gasteiger partial charge in [-0.25, -0.2) is 4.98 Å². The van der Waals surface area contributed by atoms with Crippen molar-refractivity contribution in [3.63, 3.8) is 0 Å². The molecule has 0 aliphatic carbocycles. The van der Waals surface area contributed by atoms with Gasteiger partial charge in [0.2, 0.25) is 0 Å². The van der Waals surface area contributed by atoms with E-state index in [4.69, 9.17) is 5.11 Å². The van der Waals surface area contributed by atoms with Crippen molar-refractivity contribution in [2.24, 2.45) is 5.92 Å². The molecule has 21 heavy (non-hydrogen) atoms. The molecule has 6 heteroatoms. The molecule has 3 rings (SSSR count). The first kappa shape index (κ1) is 14.5. The van der Waals surface area contributed by atoms with E-state index < -0.39 is 5.97 Å². The van der Waals surface area contributed by atoms with Gasteiger partial charge in [-0.15, -0.1) is 0 Å². The van der Waals surface area contributed by atoms with Gasteiger partial charge in [0.25, 0.3) is 5.91 Å². The molecule has 3 heterocycles. The Morgan fingerprint density at radius 2 is 2.00 bits per heavy atom. The van der Waals surface area contributed by atoms with Crippen molar-refractivity contribution >= 4 is 27.8 Å². The summed E-state index contributed by atoms with van der Waals surface area (Å²) >= 11 is 3.29. The molecule has 2 fully saturated rings. The number of hydrogen-bond donors (Lipinski definition) is 1. The van der Waals surface area contributed by atoms with Gasteiger partial charge in [0.15, 0.2) is 0 Å². The van der Waals surface area contributed by atoms with E-state index in [1.54, 1.807) is 18.3 Å². The SMILES string of the molecule is O=C(O)CC1CC2CCC(C1)N2C(=O)c1ccnc(Br)c1. The normalized spacial score (nSPS) is 27.7. The van der Waals surface area contributed by atoms with E-state index in [1.807, 2.05) is 4.90 Å². The Hall–Kier alpha value is -1.43. The van der Waals surface area contributed by atoms with Gasteiger partial charge in [-0.2, -0.15) is 0 Å². The number of rotatable bonds is 3. The molecule has 0 spiro atoms. The third kappa shape index (κ3) is 2.95. The second-order valence-corrected chi connectivity index (χ2v) is 6.71. The molecule has 0 radical (unpaired) electrons. The van der Waals surface area contributed by atoms with Crippen LogP contribution in [-0.4, -0.2) is 39.0 Å². The van der Waals surface area contributed by atoms with E-state index in [1.165, 1.54) is 0 Å². The molecule has 2 unspecified atom stereocenters. The first-order valence-electron chi connectivity index (χ1n) is 7.20. The van der Waals surface area contributed by atoms with E-state index >= 15 is 0 Å². The zero-order chi connectivity index (χ0) is 15.0. The first-order chi connectivity index (χ1) is 10.0. The Morgan fingerprint density at radius 3 is 2.57 bits per heavy atom. The molecule has 1 N–H and O–H groups in total. The minimum absolute atomic E-state index is 0.0411. The molecule has 5 nitrogen and oxygen atoms in total. The Morgan fingerprint density at radius 1 is 1.33 bits per heavy atom. The van der Waals surface area contributed by atoms with Gasteiger partial charge >= 0.3 is 5.97 Å². The van der Waals surface area contributed by atoms with Crippen molar-refractivity contribution in [3.8, 4) is 0 Å². The fourth-order valence-electron chi connectivity index (χ4n) is 3.72. The van der Waals surface area contributed by atoms with Crippen molar-refractivity contribution in [2.45, 2.75) is 44.2 Å². The van der Waals surface area contributed by atoms with Crippen molar-refractivity contribution in [2.75, 3.05) is 0 Å². The maximum atomic E-state index is 12.7. The number of carboxylic acids is 1. The van der Waals surface area contributed by atoms with Crippen LogP contribution in [0, 0.1) is 5.92 Å². The van der Waals surface area contributed by atoms with Crippen molar-refractivity contribution in [1.82, 2.24) is 9.88 Å². The maximum absolute atomic E-state index is 12.7. The molecule has 0 saturated carbocycles. The summed E-state index contributed by atoms with van der Waals surface area (Å²) in [5.41, 5.74) is 0.644. The van der Waals surface area contributed by atoms with Crippen LogP contribution in [0.2, 0.25) is 0 Å². The van der Waals surface area contributed by atoms with Gasteiger partial charge in [0, 0.05) is 30.3 Å². The van der Waals surface area contributed by atoms with Gasteiger partial charge in [0.1, 0.15) is 4.60 Å². The summed E-state index contributed by atoms with van der Waals surface area (Å²) in [5.74, 6) is -0.496. The monoisotopic (exact) mass is 352 g/mol. The van der Waals surface area contributed by atoms with Crippen molar-refractivity contribution < 1.29 is 14.7 Å². The van der Waals surface area contributed by atoms with Crippen LogP contribution in [0.4, 0.5) is 0 Å². The van der Waals surface area contributed by atoms with Crippen LogP contribution in [0.25, 0.3) is 0 Å². The summed E-state index contributed by atoms with van der Waals surface area (Å²) < 4.78 is 0.654. The fourth-order valence-corrected chi connectivity index (χ4v) is 4.08. The molecule has 2 saturated heterocycles. The summed E-state index contributed by atoms with van der Waals surface area (Å²) in [6.45, 7) is 0. The molecule has 2 atom stereocenters. The van der Waals surface area contributed by atoms with Crippen LogP contribution in [0.1, 0.15) is 42.5 Å². The maximum Gasteiger partial charge on any atom is 0.303 e. The van der Waals surface area contributed by atoms with Gasteiger partial charge in [-0.1, -0.05) is 0 Å². The minimum atomic E-state index is -0.739. The lowest BCUT2D eigenvalue weighted by Gasteiger charge is -2.38. The number of pyridine rings is 1.